The summed E-state index contributed by atoms with van der Waals surface area (Å²) < 4.78 is 2.47. The van der Waals surface area contributed by atoms with Gasteiger partial charge in [0, 0.05) is 6.54 Å². The molecule has 0 fully saturated rings. The number of anilines is 1. The number of rotatable bonds is 1. The molecule has 4 nitrogen and oxygen atoms in total. The van der Waals surface area contributed by atoms with Crippen LogP contribution in [0.1, 0.15) is 5.56 Å². The molecule has 0 bridgehead atoms. The number of ether oxygens (including phenoxy) is 1. The van der Waals surface area contributed by atoms with Gasteiger partial charge in [0.1, 0.15) is 0 Å². The summed E-state index contributed by atoms with van der Waals surface area (Å²) in [7, 11) is 0. The van der Waals surface area contributed by atoms with Gasteiger partial charge in [-0.05, 0) is 52.9 Å². The fraction of sp³-hybridized carbons (Fsp3) is 0.300. The van der Waals surface area contributed by atoms with E-state index in [1.165, 1.54) is 0 Å². The van der Waals surface area contributed by atoms with E-state index >= 15 is 0 Å². The van der Waals surface area contributed by atoms with Crippen LogP contribution >= 0.6 is 34.8 Å². The minimum atomic E-state index is -2.05. The van der Waals surface area contributed by atoms with E-state index in [0.29, 0.717) is 6.54 Å². The number of halogens is 3. The van der Waals surface area contributed by atoms with Gasteiger partial charge in [0.25, 0.3) is 0 Å². The number of alkyl halides is 3. The van der Waals surface area contributed by atoms with Crippen LogP contribution in [0.2, 0.25) is 0 Å². The van der Waals surface area contributed by atoms with Crippen molar-refractivity contribution >= 4 is 46.6 Å². The van der Waals surface area contributed by atoms with Gasteiger partial charge in [-0.1, -0.05) is 18.2 Å². The van der Waals surface area contributed by atoms with E-state index in [2.05, 4.69) is 10.2 Å². The van der Waals surface area contributed by atoms with Crippen molar-refractivity contribution in [3.63, 3.8) is 0 Å². The lowest BCUT2D eigenvalue weighted by Gasteiger charge is -2.21. The van der Waals surface area contributed by atoms with Crippen molar-refractivity contribution in [2.75, 3.05) is 11.6 Å². The molecular weight excluding hydrogens is 286 g/mol. The molecule has 0 saturated carbocycles. The van der Waals surface area contributed by atoms with Crippen molar-refractivity contribution in [2.24, 2.45) is 0 Å². The summed E-state index contributed by atoms with van der Waals surface area (Å²) >= 11 is 16.0. The van der Waals surface area contributed by atoms with Crippen molar-refractivity contribution < 1.29 is 9.53 Å². The maximum Gasteiger partial charge on any atom is 0.429 e. The number of carbonyl (C=O) groups is 1. The number of fused-ring (bicyclic) bond motifs is 1. The van der Waals surface area contributed by atoms with E-state index in [1.54, 1.807) is 5.01 Å². The number of carbonyl (C=O) groups excluding carboxylic acids is 1. The number of nitrogens with zero attached hydrogens (tertiary/aromatic N) is 1. The minimum absolute atomic E-state index is 0.661. The van der Waals surface area contributed by atoms with Gasteiger partial charge in [-0.25, -0.2) is 10.2 Å². The fourth-order valence-electron chi connectivity index (χ4n) is 1.69. The first kappa shape index (κ1) is 12.6. The molecular formula is C10H9Cl3N2O2. The molecule has 17 heavy (non-hydrogen) atoms. The normalized spacial score (nSPS) is 14.4. The Morgan fingerprint density at radius 2 is 2.06 bits per heavy atom. The maximum atomic E-state index is 11.4. The smallest absolute Gasteiger partial charge is 0.397 e. The van der Waals surface area contributed by atoms with E-state index < -0.39 is 10.1 Å². The Hall–Kier alpha value is -0.840. The molecule has 0 aliphatic carbocycles. The molecule has 1 amide bonds. The van der Waals surface area contributed by atoms with Crippen LogP contribution in [-0.2, 0) is 11.2 Å². The summed E-state index contributed by atoms with van der Waals surface area (Å²) in [5.74, 6) is 0. The van der Waals surface area contributed by atoms with Crippen molar-refractivity contribution in [3.8, 4) is 0 Å². The molecule has 0 radical (unpaired) electrons. The van der Waals surface area contributed by atoms with Crippen molar-refractivity contribution in [2.45, 2.75) is 10.4 Å². The second-order valence-electron chi connectivity index (χ2n) is 3.48. The zero-order valence-electron chi connectivity index (χ0n) is 8.62. The molecule has 2 rings (SSSR count). The molecule has 1 aliphatic rings. The van der Waals surface area contributed by atoms with Crippen LogP contribution in [0.25, 0.3) is 0 Å². The van der Waals surface area contributed by atoms with Gasteiger partial charge in [0.15, 0.2) is 0 Å². The highest BCUT2D eigenvalue weighted by atomic mass is 35.6. The Morgan fingerprint density at radius 3 is 2.76 bits per heavy atom. The third-order valence-corrected chi connectivity index (χ3v) is 2.55. The lowest BCUT2D eigenvalue weighted by atomic mass is 10.2. The largest absolute Gasteiger partial charge is 0.429 e. The lowest BCUT2D eigenvalue weighted by molar-refractivity contribution is 0.143. The average molecular weight is 296 g/mol. The van der Waals surface area contributed by atoms with Crippen LogP contribution in [0.3, 0.4) is 0 Å². The molecule has 1 aliphatic heterocycles. The van der Waals surface area contributed by atoms with Crippen LogP contribution in [0, 0.1) is 0 Å². The third-order valence-electron chi connectivity index (χ3n) is 2.32. The van der Waals surface area contributed by atoms with E-state index in [1.807, 2.05) is 24.3 Å². The average Bonchev–Trinajstić information content (AvgIpc) is 2.59. The standard InChI is InChI=1S/C10H9Cl3N2O2/c11-10(12,13)17-9(16)14-15-6-5-7-3-1-2-4-8(7)15/h1-4H,5-6H2,(H,14,16). The number of benzene rings is 1. The predicted octanol–water partition coefficient (Wildman–Crippen LogP) is 3.02. The first-order chi connectivity index (χ1) is 7.96. The fourth-order valence-corrected chi connectivity index (χ4v) is 1.90. The zero-order chi connectivity index (χ0) is 12.5. The highest BCUT2D eigenvalue weighted by molar-refractivity contribution is 6.66. The number of nitrogens with one attached hydrogen (secondary N) is 1. The molecule has 0 spiro atoms. The maximum absolute atomic E-state index is 11.4. The van der Waals surface area contributed by atoms with Crippen LogP contribution in [0.5, 0.6) is 0 Å². The summed E-state index contributed by atoms with van der Waals surface area (Å²) in [5.41, 5.74) is 4.59. The lowest BCUT2D eigenvalue weighted by Crippen LogP contribution is -2.42. The summed E-state index contributed by atoms with van der Waals surface area (Å²) in [4.78, 5) is 11.4. The molecule has 0 unspecified atom stereocenters. The summed E-state index contributed by atoms with van der Waals surface area (Å²) in [6, 6.07) is 7.73. The summed E-state index contributed by atoms with van der Waals surface area (Å²) in [6.45, 7) is 0.661. The molecule has 0 aromatic heterocycles. The third kappa shape index (κ3) is 3.31. The van der Waals surface area contributed by atoms with Gasteiger partial charge in [0.05, 0.1) is 5.69 Å². The Bertz CT molecular complexity index is 434. The molecule has 7 heteroatoms. The summed E-state index contributed by atoms with van der Waals surface area (Å²) in [5, 5.41) is 1.66. The molecule has 1 N–H and O–H groups in total. The van der Waals surface area contributed by atoms with E-state index in [4.69, 9.17) is 34.8 Å². The number of amides is 1. The highest BCUT2D eigenvalue weighted by Gasteiger charge is 2.27. The molecule has 1 aromatic rings. The number of hydrogen-bond donors (Lipinski definition) is 1. The minimum Gasteiger partial charge on any atom is -0.397 e. The second-order valence-corrected chi connectivity index (χ2v) is 5.65. The van der Waals surface area contributed by atoms with Crippen LogP contribution in [0.4, 0.5) is 10.5 Å². The predicted molar refractivity (Wildman–Crippen MR) is 67.4 cm³/mol. The van der Waals surface area contributed by atoms with E-state index in [-0.39, 0.29) is 0 Å². The van der Waals surface area contributed by atoms with Crippen molar-refractivity contribution in [1.82, 2.24) is 5.43 Å². The monoisotopic (exact) mass is 294 g/mol. The Balaban J connectivity index is 2.00. The van der Waals surface area contributed by atoms with Gasteiger partial charge in [-0.15, -0.1) is 0 Å². The van der Waals surface area contributed by atoms with Crippen LogP contribution < -0.4 is 10.4 Å². The molecule has 1 aromatic carbocycles. The van der Waals surface area contributed by atoms with Gasteiger partial charge in [-0.2, -0.15) is 0 Å². The van der Waals surface area contributed by atoms with Gasteiger partial charge in [0.2, 0.25) is 0 Å². The first-order valence-electron chi connectivity index (χ1n) is 4.87. The first-order valence-corrected chi connectivity index (χ1v) is 6.01. The number of para-hydroxylation sites is 1. The van der Waals surface area contributed by atoms with Crippen LogP contribution in [-0.4, -0.2) is 16.6 Å². The van der Waals surface area contributed by atoms with Gasteiger partial charge >= 0.3 is 10.1 Å². The Morgan fingerprint density at radius 1 is 1.35 bits per heavy atom. The highest BCUT2D eigenvalue weighted by Crippen LogP contribution is 2.28. The number of hydrazine groups is 1. The van der Waals surface area contributed by atoms with Gasteiger partial charge < -0.3 is 4.74 Å². The van der Waals surface area contributed by atoms with Crippen LogP contribution in [0.15, 0.2) is 24.3 Å². The molecule has 92 valence electrons. The molecule has 0 saturated heterocycles. The molecule has 0 atom stereocenters. The quantitative estimate of drug-likeness (QED) is 0.810. The van der Waals surface area contributed by atoms with Gasteiger partial charge in [-0.3, -0.25) is 5.01 Å². The van der Waals surface area contributed by atoms with E-state index in [9.17, 15) is 4.79 Å². The Labute approximate surface area is 113 Å². The second kappa shape index (κ2) is 4.80. The Kier molecular flexibility index (Phi) is 3.56. The SMILES string of the molecule is O=C(NN1CCc2ccccc21)OC(Cl)(Cl)Cl. The zero-order valence-corrected chi connectivity index (χ0v) is 10.9. The number of hydrogen-bond acceptors (Lipinski definition) is 3. The van der Waals surface area contributed by atoms with Crippen molar-refractivity contribution in [3.05, 3.63) is 29.8 Å². The topological polar surface area (TPSA) is 41.6 Å². The van der Waals surface area contributed by atoms with E-state index in [0.717, 1.165) is 17.7 Å². The van der Waals surface area contributed by atoms with Crippen molar-refractivity contribution in [1.29, 1.82) is 0 Å². The molecule has 1 heterocycles. The summed E-state index contributed by atoms with van der Waals surface area (Å²) in [6.07, 6.45) is 0.0474.